The highest BCUT2D eigenvalue weighted by atomic mass is 32.1. The van der Waals surface area contributed by atoms with Gasteiger partial charge in [-0.25, -0.2) is 4.98 Å². The summed E-state index contributed by atoms with van der Waals surface area (Å²) in [5.74, 6) is -0.165. The minimum Gasteiger partial charge on any atom is -0.344 e. The second-order valence-electron chi connectivity index (χ2n) is 3.94. The normalized spacial score (nSPS) is 12.1. The Kier molecular flexibility index (Phi) is 4.07. The molecule has 94 valence electrons. The van der Waals surface area contributed by atoms with Crippen molar-refractivity contribution in [3.8, 4) is 0 Å². The van der Waals surface area contributed by atoms with Crippen molar-refractivity contribution in [2.75, 3.05) is 0 Å². The first-order valence-corrected chi connectivity index (χ1v) is 6.59. The molecule has 0 aliphatic heterocycles. The molecule has 1 aromatic carbocycles. The summed E-state index contributed by atoms with van der Waals surface area (Å²) in [6.07, 6.45) is 0. The Morgan fingerprint density at radius 3 is 2.78 bits per heavy atom. The molecule has 1 amide bonds. The number of benzene rings is 1. The lowest BCUT2D eigenvalue weighted by Crippen LogP contribution is -2.26. The van der Waals surface area contributed by atoms with Crippen LogP contribution in [0.2, 0.25) is 0 Å². The van der Waals surface area contributed by atoms with Crippen molar-refractivity contribution < 1.29 is 4.79 Å². The topological polar surface area (TPSA) is 68.0 Å². The number of carbonyl (C=O) groups excluding carboxylic acids is 1. The number of aromatic nitrogens is 1. The third-order valence-electron chi connectivity index (χ3n) is 2.61. The molecule has 2 aromatic rings. The molecule has 3 N–H and O–H groups in total. The molecular formula is C13H15N3OS. The summed E-state index contributed by atoms with van der Waals surface area (Å²) in [5, 5.41) is 5.42. The number of nitrogens with one attached hydrogen (secondary N) is 1. The summed E-state index contributed by atoms with van der Waals surface area (Å²) >= 11 is 1.40. The van der Waals surface area contributed by atoms with Crippen molar-refractivity contribution in [2.24, 2.45) is 5.73 Å². The van der Waals surface area contributed by atoms with Crippen molar-refractivity contribution in [1.29, 1.82) is 0 Å². The zero-order chi connectivity index (χ0) is 13.0. The fraction of sp³-hybridized carbons (Fsp3) is 0.231. The molecule has 0 spiro atoms. The van der Waals surface area contributed by atoms with Crippen LogP contribution in [-0.2, 0) is 6.54 Å². The van der Waals surface area contributed by atoms with Crippen LogP contribution in [0.5, 0.6) is 0 Å². The average Bonchev–Trinajstić information content (AvgIpc) is 2.88. The summed E-state index contributed by atoms with van der Waals surface area (Å²) in [4.78, 5) is 16.1. The van der Waals surface area contributed by atoms with Crippen LogP contribution in [-0.4, -0.2) is 10.9 Å². The second-order valence-corrected chi connectivity index (χ2v) is 4.88. The van der Waals surface area contributed by atoms with E-state index in [-0.39, 0.29) is 11.9 Å². The van der Waals surface area contributed by atoms with E-state index < -0.39 is 0 Å². The molecule has 1 atom stereocenters. The van der Waals surface area contributed by atoms with Gasteiger partial charge in [0, 0.05) is 11.9 Å². The first-order chi connectivity index (χ1) is 8.70. The van der Waals surface area contributed by atoms with Gasteiger partial charge in [0.1, 0.15) is 10.7 Å². The van der Waals surface area contributed by atoms with Crippen molar-refractivity contribution in [1.82, 2.24) is 10.3 Å². The molecule has 0 radical (unpaired) electrons. The molecule has 0 saturated heterocycles. The predicted molar refractivity (Wildman–Crippen MR) is 72.3 cm³/mol. The largest absolute Gasteiger partial charge is 0.344 e. The standard InChI is InChI=1S/C13H15N3OS/c1-9(10-5-3-2-4-6-10)15-13(17)11-8-18-12(7-14)16-11/h2-6,8-9H,7,14H2,1H3,(H,15,17)/t9-/m0/s1. The van der Waals surface area contributed by atoms with Gasteiger partial charge in [-0.1, -0.05) is 30.3 Å². The summed E-state index contributed by atoms with van der Waals surface area (Å²) in [5.41, 5.74) is 6.97. The lowest BCUT2D eigenvalue weighted by Gasteiger charge is -2.13. The highest BCUT2D eigenvalue weighted by Gasteiger charge is 2.13. The molecule has 0 aliphatic carbocycles. The number of hydrogen-bond donors (Lipinski definition) is 2. The van der Waals surface area contributed by atoms with E-state index in [1.54, 1.807) is 5.38 Å². The number of nitrogens with two attached hydrogens (primary N) is 1. The van der Waals surface area contributed by atoms with Crippen LogP contribution in [0.4, 0.5) is 0 Å². The maximum atomic E-state index is 11.9. The lowest BCUT2D eigenvalue weighted by atomic mass is 10.1. The smallest absolute Gasteiger partial charge is 0.271 e. The van der Waals surface area contributed by atoms with Crippen molar-refractivity contribution >= 4 is 17.2 Å². The Morgan fingerprint density at radius 2 is 2.17 bits per heavy atom. The van der Waals surface area contributed by atoms with Gasteiger partial charge in [-0.05, 0) is 12.5 Å². The molecular weight excluding hydrogens is 246 g/mol. The SMILES string of the molecule is C[C@H](NC(=O)c1csc(CN)n1)c1ccccc1. The van der Waals surface area contributed by atoms with E-state index in [0.717, 1.165) is 10.6 Å². The summed E-state index contributed by atoms with van der Waals surface area (Å²) in [6, 6.07) is 9.78. The Bertz CT molecular complexity index is 524. The van der Waals surface area contributed by atoms with E-state index in [1.807, 2.05) is 37.3 Å². The first-order valence-electron chi connectivity index (χ1n) is 5.71. The molecule has 0 unspecified atom stereocenters. The Hall–Kier alpha value is -1.72. The second kappa shape index (κ2) is 5.75. The number of carbonyl (C=O) groups is 1. The molecule has 1 aromatic heterocycles. The molecule has 1 heterocycles. The molecule has 4 nitrogen and oxygen atoms in total. The van der Waals surface area contributed by atoms with Gasteiger partial charge in [-0.3, -0.25) is 4.79 Å². The third-order valence-corrected chi connectivity index (χ3v) is 3.48. The average molecular weight is 261 g/mol. The highest BCUT2D eigenvalue weighted by molar-refractivity contribution is 7.09. The van der Waals surface area contributed by atoms with Gasteiger partial charge in [-0.2, -0.15) is 0 Å². The van der Waals surface area contributed by atoms with Crippen LogP contribution >= 0.6 is 11.3 Å². The number of nitrogens with zero attached hydrogens (tertiary/aromatic N) is 1. The molecule has 2 rings (SSSR count). The summed E-state index contributed by atoms with van der Waals surface area (Å²) < 4.78 is 0. The zero-order valence-corrected chi connectivity index (χ0v) is 10.9. The van der Waals surface area contributed by atoms with Gasteiger partial charge in [0.2, 0.25) is 0 Å². The number of rotatable bonds is 4. The summed E-state index contributed by atoms with van der Waals surface area (Å²) in [6.45, 7) is 2.32. The first kappa shape index (κ1) is 12.7. The fourth-order valence-electron chi connectivity index (χ4n) is 1.60. The maximum absolute atomic E-state index is 11.9. The molecule has 0 bridgehead atoms. The number of thiazole rings is 1. The van der Waals surface area contributed by atoms with Crippen molar-refractivity contribution in [3.63, 3.8) is 0 Å². The monoisotopic (exact) mass is 261 g/mol. The summed E-state index contributed by atoms with van der Waals surface area (Å²) in [7, 11) is 0. The number of hydrogen-bond acceptors (Lipinski definition) is 4. The molecule has 0 aliphatic rings. The van der Waals surface area contributed by atoms with Gasteiger partial charge < -0.3 is 11.1 Å². The van der Waals surface area contributed by atoms with Gasteiger partial charge in [0.05, 0.1) is 6.04 Å². The molecule has 0 fully saturated rings. The predicted octanol–water partition coefficient (Wildman–Crippen LogP) is 2.09. The fourth-order valence-corrected chi connectivity index (χ4v) is 2.26. The van der Waals surface area contributed by atoms with Crippen LogP contribution in [0.25, 0.3) is 0 Å². The van der Waals surface area contributed by atoms with Crippen LogP contribution in [0.15, 0.2) is 35.7 Å². The highest BCUT2D eigenvalue weighted by Crippen LogP contribution is 2.13. The van der Waals surface area contributed by atoms with E-state index in [4.69, 9.17) is 5.73 Å². The van der Waals surface area contributed by atoms with E-state index in [0.29, 0.717) is 12.2 Å². The Balaban J connectivity index is 2.03. The quantitative estimate of drug-likeness (QED) is 0.885. The third kappa shape index (κ3) is 2.94. The van der Waals surface area contributed by atoms with Gasteiger partial charge in [0.15, 0.2) is 0 Å². The van der Waals surface area contributed by atoms with Gasteiger partial charge in [0.25, 0.3) is 5.91 Å². The van der Waals surface area contributed by atoms with Crippen molar-refractivity contribution in [3.05, 3.63) is 52.0 Å². The minimum atomic E-state index is -0.165. The minimum absolute atomic E-state index is 0.0401. The van der Waals surface area contributed by atoms with E-state index in [9.17, 15) is 4.79 Å². The van der Waals surface area contributed by atoms with E-state index in [1.165, 1.54) is 11.3 Å². The van der Waals surface area contributed by atoms with Gasteiger partial charge >= 0.3 is 0 Å². The Labute approximate surface area is 110 Å². The number of amides is 1. The molecule has 0 saturated carbocycles. The van der Waals surface area contributed by atoms with Crippen LogP contribution in [0.1, 0.15) is 34.0 Å². The van der Waals surface area contributed by atoms with E-state index in [2.05, 4.69) is 10.3 Å². The van der Waals surface area contributed by atoms with Crippen LogP contribution < -0.4 is 11.1 Å². The zero-order valence-electron chi connectivity index (χ0n) is 10.1. The van der Waals surface area contributed by atoms with Gasteiger partial charge in [-0.15, -0.1) is 11.3 Å². The molecule has 18 heavy (non-hydrogen) atoms. The lowest BCUT2D eigenvalue weighted by molar-refractivity contribution is 0.0935. The molecule has 5 heteroatoms. The van der Waals surface area contributed by atoms with E-state index >= 15 is 0 Å². The van der Waals surface area contributed by atoms with Crippen LogP contribution in [0, 0.1) is 0 Å². The van der Waals surface area contributed by atoms with Crippen LogP contribution in [0.3, 0.4) is 0 Å². The Morgan fingerprint density at radius 1 is 1.44 bits per heavy atom. The maximum Gasteiger partial charge on any atom is 0.271 e. The van der Waals surface area contributed by atoms with Crippen molar-refractivity contribution in [2.45, 2.75) is 19.5 Å².